The second-order valence-electron chi connectivity index (χ2n) is 20.6. The van der Waals surface area contributed by atoms with E-state index in [2.05, 4.69) is 40.9 Å². The maximum atomic E-state index is 12.4. The van der Waals surface area contributed by atoms with Gasteiger partial charge in [0.1, 0.15) is 26.4 Å². The number of hydrogen-bond donors (Lipinski definition) is 4. The van der Waals surface area contributed by atoms with Crippen LogP contribution in [-0.4, -0.2) is 149 Å². The van der Waals surface area contributed by atoms with Crippen LogP contribution >= 0.6 is 0 Å². The molecule has 0 aromatic heterocycles. The third-order valence-corrected chi connectivity index (χ3v) is 14.1. The molecule has 0 radical (unpaired) electrons. The van der Waals surface area contributed by atoms with Crippen LogP contribution in [0.1, 0.15) is 119 Å². The van der Waals surface area contributed by atoms with E-state index in [0.29, 0.717) is 26.2 Å². The van der Waals surface area contributed by atoms with Crippen LogP contribution < -0.4 is 21.3 Å². The van der Waals surface area contributed by atoms with Crippen molar-refractivity contribution >= 4 is 24.4 Å². The minimum atomic E-state index is -0.376. The van der Waals surface area contributed by atoms with Gasteiger partial charge in [0.05, 0.1) is 0 Å². The molecule has 4 amide bonds. The molecule has 1 heterocycles. The van der Waals surface area contributed by atoms with E-state index >= 15 is 0 Å². The number of rotatable bonds is 32. The van der Waals surface area contributed by atoms with Crippen molar-refractivity contribution in [1.29, 1.82) is 0 Å². The molecule has 0 spiro atoms. The van der Waals surface area contributed by atoms with Gasteiger partial charge in [-0.25, -0.2) is 19.2 Å². The molecule has 0 saturated carbocycles. The third kappa shape index (κ3) is 31.9. The Morgan fingerprint density at radius 1 is 0.291 bits per heavy atom. The molecule has 0 atom stereocenters. The van der Waals surface area contributed by atoms with Gasteiger partial charge in [-0.1, -0.05) is 147 Å². The summed E-state index contributed by atoms with van der Waals surface area (Å²) in [6.07, 6.45) is 13.7. The van der Waals surface area contributed by atoms with Crippen LogP contribution in [0.25, 0.3) is 0 Å². The fourth-order valence-electron chi connectivity index (χ4n) is 9.59. The zero-order valence-electron chi connectivity index (χ0n) is 47.4. The zero-order chi connectivity index (χ0) is 55.5. The standard InChI is InChI=1S/C63H94N8O8/c72-60(76-52-56-28-9-1-10-29-56)64-36-17-5-21-40-68-44-25-45-69(41-22-6-18-37-65-61(73)77-53-57-30-11-2-12-31-57)47-27-49-71(43-24-8-20-39-67-63(75)79-55-59-34-15-4-16-35-59)51-50-70(48-26-46-68)42-23-7-19-38-66-62(74)78-54-58-32-13-3-14-33-58/h1-4,9-16,28-35H,5-8,17-27,36-55H2,(H,64,72)(H,65,73)(H,66,74)(H,67,75). The molecule has 434 valence electrons. The summed E-state index contributed by atoms with van der Waals surface area (Å²) >= 11 is 0. The number of unbranched alkanes of at least 4 members (excludes halogenated alkanes) is 8. The third-order valence-electron chi connectivity index (χ3n) is 14.1. The van der Waals surface area contributed by atoms with Crippen LogP contribution in [0.15, 0.2) is 121 Å². The van der Waals surface area contributed by atoms with Crippen LogP contribution in [0.4, 0.5) is 19.2 Å². The summed E-state index contributed by atoms with van der Waals surface area (Å²) in [5, 5.41) is 11.7. The Labute approximate surface area is 472 Å². The lowest BCUT2D eigenvalue weighted by Crippen LogP contribution is -2.38. The molecular weight excluding hydrogens is 997 g/mol. The van der Waals surface area contributed by atoms with Crippen molar-refractivity contribution in [2.24, 2.45) is 0 Å². The van der Waals surface area contributed by atoms with Gasteiger partial charge < -0.3 is 59.8 Å². The minimum Gasteiger partial charge on any atom is -0.445 e. The Bertz CT molecular complexity index is 2030. The molecule has 1 aliphatic heterocycles. The van der Waals surface area contributed by atoms with Gasteiger partial charge >= 0.3 is 24.4 Å². The topological polar surface area (TPSA) is 166 Å². The van der Waals surface area contributed by atoms with E-state index in [1.165, 1.54) is 0 Å². The minimum absolute atomic E-state index is 0.263. The second-order valence-corrected chi connectivity index (χ2v) is 20.6. The molecule has 1 saturated heterocycles. The van der Waals surface area contributed by atoms with Crippen molar-refractivity contribution in [3.63, 3.8) is 0 Å². The summed E-state index contributed by atoms with van der Waals surface area (Å²) in [4.78, 5) is 60.1. The number of alkyl carbamates (subject to hydrolysis) is 4. The van der Waals surface area contributed by atoms with Crippen LogP contribution in [0.2, 0.25) is 0 Å². The molecule has 4 N–H and O–H groups in total. The number of benzene rings is 4. The van der Waals surface area contributed by atoms with E-state index < -0.39 is 0 Å². The highest BCUT2D eigenvalue weighted by atomic mass is 16.6. The fourth-order valence-corrected chi connectivity index (χ4v) is 9.59. The number of hydrogen-bond acceptors (Lipinski definition) is 12. The van der Waals surface area contributed by atoms with Gasteiger partial charge in [-0.3, -0.25) is 0 Å². The molecule has 16 nitrogen and oxygen atoms in total. The smallest absolute Gasteiger partial charge is 0.407 e. The fraction of sp³-hybridized carbons (Fsp3) is 0.556. The Kier molecular flexibility index (Phi) is 33.7. The van der Waals surface area contributed by atoms with Gasteiger partial charge in [0.2, 0.25) is 0 Å². The van der Waals surface area contributed by atoms with E-state index in [1.807, 2.05) is 121 Å². The first-order valence-electron chi connectivity index (χ1n) is 29.6. The van der Waals surface area contributed by atoms with Gasteiger partial charge in [0, 0.05) is 39.3 Å². The van der Waals surface area contributed by atoms with Crippen molar-refractivity contribution in [3.05, 3.63) is 144 Å². The van der Waals surface area contributed by atoms with Crippen molar-refractivity contribution in [2.45, 2.75) is 123 Å². The molecule has 0 aliphatic carbocycles. The van der Waals surface area contributed by atoms with E-state index in [-0.39, 0.29) is 50.8 Å². The van der Waals surface area contributed by atoms with E-state index in [4.69, 9.17) is 18.9 Å². The lowest BCUT2D eigenvalue weighted by molar-refractivity contribution is 0.138. The van der Waals surface area contributed by atoms with Crippen LogP contribution in [0.3, 0.4) is 0 Å². The van der Waals surface area contributed by atoms with Crippen LogP contribution in [0.5, 0.6) is 0 Å². The number of carbonyl (C=O) groups is 4. The summed E-state index contributed by atoms with van der Waals surface area (Å²) in [5.74, 6) is 0. The maximum Gasteiger partial charge on any atom is 0.407 e. The first-order valence-corrected chi connectivity index (χ1v) is 29.6. The van der Waals surface area contributed by atoms with E-state index in [1.54, 1.807) is 0 Å². The summed E-state index contributed by atoms with van der Waals surface area (Å²) in [6, 6.07) is 39.0. The Hall–Kier alpha value is -6.20. The first kappa shape index (κ1) is 63.6. The molecule has 79 heavy (non-hydrogen) atoms. The van der Waals surface area contributed by atoms with Crippen molar-refractivity contribution in [3.8, 4) is 0 Å². The SMILES string of the molecule is O=C(NCCCCCN1CCCN(CCCCCNC(=O)OCc2ccccc2)CCCN(CCCCCNC(=O)OCc2ccccc2)CCN(CCCCCNC(=O)OCc2ccccc2)CCC1)OCc1ccccc1. The molecule has 4 aromatic carbocycles. The predicted octanol–water partition coefficient (Wildman–Crippen LogP) is 10.8. The quantitative estimate of drug-likeness (QED) is 0.0270. The van der Waals surface area contributed by atoms with Crippen molar-refractivity contribution in [1.82, 2.24) is 40.9 Å². The monoisotopic (exact) mass is 1090 g/mol. The van der Waals surface area contributed by atoms with Gasteiger partial charge in [0.25, 0.3) is 0 Å². The van der Waals surface area contributed by atoms with E-state index in [0.717, 1.165) is 197 Å². The van der Waals surface area contributed by atoms with Crippen molar-refractivity contribution < 1.29 is 38.1 Å². The van der Waals surface area contributed by atoms with Gasteiger partial charge in [-0.15, -0.1) is 0 Å². The van der Waals surface area contributed by atoms with Gasteiger partial charge in [-0.2, -0.15) is 0 Å². The first-order chi connectivity index (χ1) is 38.9. The summed E-state index contributed by atoms with van der Waals surface area (Å²) in [5.41, 5.74) is 3.88. The maximum absolute atomic E-state index is 12.4. The second kappa shape index (κ2) is 41.8. The molecule has 5 rings (SSSR count). The van der Waals surface area contributed by atoms with Gasteiger partial charge in [-0.05, 0) is 158 Å². The Morgan fingerprint density at radius 2 is 0.506 bits per heavy atom. The number of amides is 4. The predicted molar refractivity (Wildman–Crippen MR) is 314 cm³/mol. The summed E-state index contributed by atoms with van der Waals surface area (Å²) in [7, 11) is 0. The Balaban J connectivity index is 1.11. The number of nitrogens with one attached hydrogen (secondary N) is 4. The van der Waals surface area contributed by atoms with Gasteiger partial charge in [0.15, 0.2) is 0 Å². The highest BCUT2D eigenvalue weighted by molar-refractivity contribution is 5.68. The molecule has 0 bridgehead atoms. The molecule has 1 aliphatic rings. The normalized spacial score (nSPS) is 14.5. The lowest BCUT2D eigenvalue weighted by Gasteiger charge is -2.29. The number of nitrogens with zero attached hydrogens (tertiary/aromatic N) is 4. The van der Waals surface area contributed by atoms with Crippen molar-refractivity contribution in [2.75, 3.05) is 105 Å². The average Bonchev–Trinajstić information content (AvgIpc) is 3.48. The zero-order valence-corrected chi connectivity index (χ0v) is 47.4. The Morgan fingerprint density at radius 3 is 0.734 bits per heavy atom. The average molecular weight is 1090 g/mol. The highest BCUT2D eigenvalue weighted by Crippen LogP contribution is 2.11. The summed E-state index contributed by atoms with van der Waals surface area (Å²) in [6.45, 7) is 15.7. The lowest BCUT2D eigenvalue weighted by atomic mass is 10.2. The number of ether oxygens (including phenoxy) is 4. The molecule has 0 unspecified atom stereocenters. The van der Waals surface area contributed by atoms with Crippen LogP contribution in [-0.2, 0) is 45.4 Å². The largest absolute Gasteiger partial charge is 0.445 e. The molecule has 16 heteroatoms. The highest BCUT2D eigenvalue weighted by Gasteiger charge is 2.16. The van der Waals surface area contributed by atoms with E-state index in [9.17, 15) is 19.2 Å². The molecular formula is C63H94N8O8. The molecule has 1 fully saturated rings. The summed E-state index contributed by atoms with van der Waals surface area (Å²) < 4.78 is 21.7. The van der Waals surface area contributed by atoms with Crippen LogP contribution in [0, 0.1) is 0 Å². The number of carbonyl (C=O) groups excluding carboxylic acids is 4. The molecule has 4 aromatic rings.